The Labute approximate surface area is 127 Å². The van der Waals surface area contributed by atoms with E-state index in [1.807, 2.05) is 30.5 Å². The summed E-state index contributed by atoms with van der Waals surface area (Å²) >= 11 is 3.41. The molecule has 1 unspecified atom stereocenters. The molecule has 20 heavy (non-hydrogen) atoms. The van der Waals surface area contributed by atoms with Gasteiger partial charge in [-0.1, -0.05) is 6.07 Å². The second kappa shape index (κ2) is 6.72. The molecule has 1 aromatic heterocycles. The van der Waals surface area contributed by atoms with Crippen molar-refractivity contribution >= 4 is 15.9 Å². The Bertz CT molecular complexity index is 568. The summed E-state index contributed by atoms with van der Waals surface area (Å²) in [5.74, 6) is 1.47. The molecule has 1 aromatic carbocycles. The number of pyridine rings is 1. The summed E-state index contributed by atoms with van der Waals surface area (Å²) in [5, 5.41) is 0. The molecule has 0 radical (unpaired) electrons. The van der Waals surface area contributed by atoms with Crippen LogP contribution in [-0.4, -0.2) is 19.2 Å². The first kappa shape index (κ1) is 14.8. The summed E-state index contributed by atoms with van der Waals surface area (Å²) in [6.45, 7) is 0. The number of methoxy groups -OCH3 is 2. The van der Waals surface area contributed by atoms with E-state index >= 15 is 0 Å². The van der Waals surface area contributed by atoms with Gasteiger partial charge in [-0.15, -0.1) is 0 Å². The number of rotatable bonds is 5. The van der Waals surface area contributed by atoms with Crippen molar-refractivity contribution in [1.82, 2.24) is 4.98 Å². The SMILES string of the molecule is COc1cccc(OC)c1C(N)Cc1cncc(Br)c1. The first-order chi connectivity index (χ1) is 9.65. The molecule has 1 heterocycles. The van der Waals surface area contributed by atoms with Crippen LogP contribution in [0, 0.1) is 0 Å². The number of benzene rings is 1. The minimum absolute atomic E-state index is 0.225. The number of ether oxygens (including phenoxy) is 2. The van der Waals surface area contributed by atoms with E-state index in [1.165, 1.54) is 0 Å². The molecule has 0 amide bonds. The molecule has 0 saturated heterocycles. The molecule has 0 aliphatic rings. The Morgan fingerprint density at radius 2 is 1.85 bits per heavy atom. The molecule has 0 fully saturated rings. The van der Waals surface area contributed by atoms with Crippen LogP contribution in [0.25, 0.3) is 0 Å². The van der Waals surface area contributed by atoms with Crippen molar-refractivity contribution in [3.05, 3.63) is 52.3 Å². The molecule has 2 aromatic rings. The zero-order chi connectivity index (χ0) is 14.5. The van der Waals surface area contributed by atoms with Gasteiger partial charge in [-0.3, -0.25) is 4.98 Å². The number of hydrogen-bond donors (Lipinski definition) is 1. The Hall–Kier alpha value is -1.59. The summed E-state index contributed by atoms with van der Waals surface area (Å²) in [4.78, 5) is 4.15. The Balaban J connectivity index is 2.31. The van der Waals surface area contributed by atoms with Gasteiger partial charge in [-0.25, -0.2) is 0 Å². The lowest BCUT2D eigenvalue weighted by Crippen LogP contribution is -2.15. The third kappa shape index (κ3) is 3.29. The summed E-state index contributed by atoms with van der Waals surface area (Å²) in [6, 6.07) is 7.44. The van der Waals surface area contributed by atoms with Crippen molar-refractivity contribution in [1.29, 1.82) is 0 Å². The van der Waals surface area contributed by atoms with Gasteiger partial charge in [0.25, 0.3) is 0 Å². The Morgan fingerprint density at radius 3 is 2.40 bits per heavy atom. The minimum atomic E-state index is -0.225. The van der Waals surface area contributed by atoms with Gasteiger partial charge in [-0.2, -0.15) is 0 Å². The fourth-order valence-electron chi connectivity index (χ4n) is 2.17. The molecule has 5 heteroatoms. The maximum absolute atomic E-state index is 6.33. The van der Waals surface area contributed by atoms with Gasteiger partial charge >= 0.3 is 0 Å². The lowest BCUT2D eigenvalue weighted by molar-refractivity contribution is 0.379. The second-order valence-electron chi connectivity index (χ2n) is 4.40. The molecule has 2 N–H and O–H groups in total. The summed E-state index contributed by atoms with van der Waals surface area (Å²) in [6.07, 6.45) is 4.22. The predicted octanol–water partition coefficient (Wildman–Crippen LogP) is 3.10. The average molecular weight is 337 g/mol. The molecule has 0 saturated carbocycles. The van der Waals surface area contributed by atoms with Gasteiger partial charge in [0, 0.05) is 22.9 Å². The van der Waals surface area contributed by atoms with Gasteiger partial charge in [0.1, 0.15) is 11.5 Å². The van der Waals surface area contributed by atoms with Crippen molar-refractivity contribution in [3.63, 3.8) is 0 Å². The molecule has 106 valence electrons. The summed E-state index contributed by atoms with van der Waals surface area (Å²) < 4.78 is 11.7. The number of nitrogens with zero attached hydrogens (tertiary/aromatic N) is 1. The summed E-state index contributed by atoms with van der Waals surface area (Å²) in [5.41, 5.74) is 8.25. The Morgan fingerprint density at radius 1 is 1.20 bits per heavy atom. The van der Waals surface area contributed by atoms with Crippen molar-refractivity contribution < 1.29 is 9.47 Å². The zero-order valence-corrected chi connectivity index (χ0v) is 13.1. The van der Waals surface area contributed by atoms with Crippen LogP contribution < -0.4 is 15.2 Å². The molecular formula is C15H17BrN2O2. The van der Waals surface area contributed by atoms with Crippen molar-refractivity contribution in [3.8, 4) is 11.5 Å². The van der Waals surface area contributed by atoms with Crippen molar-refractivity contribution in [2.45, 2.75) is 12.5 Å². The maximum Gasteiger partial charge on any atom is 0.127 e. The highest BCUT2D eigenvalue weighted by molar-refractivity contribution is 9.10. The molecule has 0 bridgehead atoms. The first-order valence-electron chi connectivity index (χ1n) is 6.21. The first-order valence-corrected chi connectivity index (χ1v) is 7.01. The van der Waals surface area contributed by atoms with Crippen LogP contribution in [0.1, 0.15) is 17.2 Å². The van der Waals surface area contributed by atoms with E-state index in [-0.39, 0.29) is 6.04 Å². The highest BCUT2D eigenvalue weighted by atomic mass is 79.9. The van der Waals surface area contributed by atoms with E-state index in [0.29, 0.717) is 6.42 Å². The van der Waals surface area contributed by atoms with Gasteiger partial charge in [0.2, 0.25) is 0 Å². The zero-order valence-electron chi connectivity index (χ0n) is 11.5. The summed E-state index contributed by atoms with van der Waals surface area (Å²) in [7, 11) is 3.26. The Kier molecular flexibility index (Phi) is 4.98. The highest BCUT2D eigenvalue weighted by Gasteiger charge is 2.18. The van der Waals surface area contributed by atoms with Crippen molar-refractivity contribution in [2.24, 2.45) is 5.73 Å². The average Bonchev–Trinajstić information content (AvgIpc) is 2.46. The predicted molar refractivity (Wildman–Crippen MR) is 82.1 cm³/mol. The maximum atomic E-state index is 6.33. The van der Waals surface area contributed by atoms with Crippen LogP contribution in [0.3, 0.4) is 0 Å². The van der Waals surface area contributed by atoms with Gasteiger partial charge in [-0.05, 0) is 46.1 Å². The molecule has 2 rings (SSSR count). The molecule has 0 spiro atoms. The van der Waals surface area contributed by atoms with E-state index < -0.39 is 0 Å². The molecule has 0 aliphatic carbocycles. The minimum Gasteiger partial charge on any atom is -0.496 e. The standard InChI is InChI=1S/C15H17BrN2O2/c1-19-13-4-3-5-14(20-2)15(13)12(17)7-10-6-11(16)9-18-8-10/h3-6,8-9,12H,7,17H2,1-2H3. The topological polar surface area (TPSA) is 57.4 Å². The van der Waals surface area contributed by atoms with Crippen LogP contribution in [0.4, 0.5) is 0 Å². The van der Waals surface area contributed by atoms with Crippen molar-refractivity contribution in [2.75, 3.05) is 14.2 Å². The number of nitrogens with two attached hydrogens (primary N) is 1. The smallest absolute Gasteiger partial charge is 0.127 e. The molecule has 1 atom stereocenters. The quantitative estimate of drug-likeness (QED) is 0.911. The monoisotopic (exact) mass is 336 g/mol. The van der Waals surface area contributed by atoms with Crippen LogP contribution in [0.5, 0.6) is 11.5 Å². The third-order valence-corrected chi connectivity index (χ3v) is 3.49. The fourth-order valence-corrected chi connectivity index (χ4v) is 2.58. The lowest BCUT2D eigenvalue weighted by atomic mass is 9.99. The van der Waals surface area contributed by atoms with Crippen LogP contribution in [0.2, 0.25) is 0 Å². The highest BCUT2D eigenvalue weighted by Crippen LogP contribution is 2.34. The third-order valence-electron chi connectivity index (χ3n) is 3.05. The molecular weight excluding hydrogens is 320 g/mol. The molecule has 0 aliphatic heterocycles. The van der Waals surface area contributed by atoms with E-state index in [9.17, 15) is 0 Å². The van der Waals surface area contributed by atoms with E-state index in [2.05, 4.69) is 20.9 Å². The van der Waals surface area contributed by atoms with Crippen LogP contribution >= 0.6 is 15.9 Å². The fraction of sp³-hybridized carbons (Fsp3) is 0.267. The van der Waals surface area contributed by atoms with Crippen LogP contribution in [-0.2, 0) is 6.42 Å². The number of aromatic nitrogens is 1. The number of hydrogen-bond acceptors (Lipinski definition) is 4. The largest absolute Gasteiger partial charge is 0.496 e. The van der Waals surface area contributed by atoms with E-state index in [1.54, 1.807) is 20.4 Å². The van der Waals surface area contributed by atoms with Gasteiger partial charge in [0.15, 0.2) is 0 Å². The number of halogens is 1. The van der Waals surface area contributed by atoms with E-state index in [4.69, 9.17) is 15.2 Å². The van der Waals surface area contributed by atoms with Crippen LogP contribution in [0.15, 0.2) is 41.1 Å². The molecule has 4 nitrogen and oxygen atoms in total. The van der Waals surface area contributed by atoms with Gasteiger partial charge in [0.05, 0.1) is 19.8 Å². The second-order valence-corrected chi connectivity index (χ2v) is 5.31. The van der Waals surface area contributed by atoms with Gasteiger partial charge < -0.3 is 15.2 Å². The normalized spacial score (nSPS) is 12.0. The lowest BCUT2D eigenvalue weighted by Gasteiger charge is -2.19. The van der Waals surface area contributed by atoms with E-state index in [0.717, 1.165) is 27.1 Å².